The maximum Gasteiger partial charge on any atom is 0.416 e. The molecule has 0 N–H and O–H groups in total. The van der Waals surface area contributed by atoms with Gasteiger partial charge in [-0.1, -0.05) is 0 Å². The largest absolute Gasteiger partial charge is 0.416 e. The standard InChI is InChI=1S/C18H15F3N6O2/c1-12-8-13(10-14(9-12)18(19,20)21)17-23-11-25(24-17)5-2-15(28)26-6-3-16(29)27(26)7-4-22/h2,5,8-11H,3,6-7H2,1H3/b5-2-. The van der Waals surface area contributed by atoms with Crippen molar-refractivity contribution in [1.82, 2.24) is 24.8 Å². The number of nitriles is 1. The van der Waals surface area contributed by atoms with E-state index >= 15 is 0 Å². The molecule has 1 fully saturated rings. The van der Waals surface area contributed by atoms with E-state index in [0.717, 1.165) is 28.2 Å². The van der Waals surface area contributed by atoms with Crippen molar-refractivity contribution < 1.29 is 22.8 Å². The first-order valence-electron chi connectivity index (χ1n) is 8.46. The zero-order chi connectivity index (χ0) is 21.2. The van der Waals surface area contributed by atoms with Crippen LogP contribution in [-0.2, 0) is 15.8 Å². The topological polar surface area (TPSA) is 95.1 Å². The highest BCUT2D eigenvalue weighted by atomic mass is 19.4. The average Bonchev–Trinajstić information content (AvgIpc) is 3.26. The highest BCUT2D eigenvalue weighted by Gasteiger charge is 2.32. The van der Waals surface area contributed by atoms with Crippen molar-refractivity contribution in [3.05, 3.63) is 41.7 Å². The number of hydrazine groups is 1. The van der Waals surface area contributed by atoms with Gasteiger partial charge >= 0.3 is 6.18 Å². The molecule has 1 aliphatic rings. The zero-order valence-electron chi connectivity index (χ0n) is 15.2. The number of halogens is 3. The third kappa shape index (κ3) is 4.43. The van der Waals surface area contributed by atoms with Gasteiger partial charge in [-0.25, -0.2) is 19.7 Å². The van der Waals surface area contributed by atoms with Crippen LogP contribution in [0.1, 0.15) is 17.5 Å². The maximum atomic E-state index is 13.0. The molecule has 3 rings (SSSR count). The lowest BCUT2D eigenvalue weighted by molar-refractivity contribution is -0.149. The Morgan fingerprint density at radius 3 is 2.79 bits per heavy atom. The van der Waals surface area contributed by atoms with E-state index in [4.69, 9.17) is 5.26 Å². The number of carbonyl (C=O) groups is 2. The van der Waals surface area contributed by atoms with E-state index in [9.17, 15) is 22.8 Å². The SMILES string of the molecule is Cc1cc(-c2ncn(/C=C\C(=O)N3CCC(=O)N3CC#N)n2)cc(C(F)(F)F)c1. The Labute approximate surface area is 163 Å². The van der Waals surface area contributed by atoms with Gasteiger partial charge in [-0.05, 0) is 30.7 Å². The minimum atomic E-state index is -4.49. The molecule has 11 heteroatoms. The molecule has 0 saturated carbocycles. The van der Waals surface area contributed by atoms with Gasteiger partial charge in [-0.3, -0.25) is 9.59 Å². The van der Waals surface area contributed by atoms with Gasteiger partial charge in [0.05, 0.1) is 18.2 Å². The molecule has 1 aromatic carbocycles. The molecule has 0 aliphatic carbocycles. The predicted octanol–water partition coefficient (Wildman–Crippen LogP) is 2.24. The second-order valence-corrected chi connectivity index (χ2v) is 6.27. The summed E-state index contributed by atoms with van der Waals surface area (Å²) in [6.45, 7) is 1.47. The molecule has 2 heterocycles. The Balaban J connectivity index is 1.77. The van der Waals surface area contributed by atoms with Gasteiger partial charge in [0.2, 0.25) is 5.91 Å². The summed E-state index contributed by atoms with van der Waals surface area (Å²) >= 11 is 0. The molecular weight excluding hydrogens is 389 g/mol. The molecular formula is C18H15F3N6O2. The number of rotatable bonds is 4. The zero-order valence-corrected chi connectivity index (χ0v) is 15.2. The highest BCUT2D eigenvalue weighted by Crippen LogP contribution is 2.32. The quantitative estimate of drug-likeness (QED) is 0.575. The molecule has 1 aromatic heterocycles. The molecule has 150 valence electrons. The number of benzene rings is 1. The lowest BCUT2D eigenvalue weighted by atomic mass is 10.1. The number of aryl methyl sites for hydroxylation is 1. The van der Waals surface area contributed by atoms with Gasteiger partial charge in [0.1, 0.15) is 12.9 Å². The van der Waals surface area contributed by atoms with Gasteiger partial charge in [0.25, 0.3) is 5.91 Å². The Morgan fingerprint density at radius 1 is 1.34 bits per heavy atom. The fourth-order valence-electron chi connectivity index (χ4n) is 2.84. The fourth-order valence-corrected chi connectivity index (χ4v) is 2.84. The molecule has 1 saturated heterocycles. The average molecular weight is 404 g/mol. The number of aromatic nitrogens is 3. The van der Waals surface area contributed by atoms with E-state index in [1.54, 1.807) is 6.92 Å². The Hall–Kier alpha value is -3.68. The van der Waals surface area contributed by atoms with Crippen LogP contribution in [0, 0.1) is 18.3 Å². The van der Waals surface area contributed by atoms with Crippen LogP contribution in [0.3, 0.4) is 0 Å². The van der Waals surface area contributed by atoms with Gasteiger partial charge in [-0.15, -0.1) is 5.10 Å². The Morgan fingerprint density at radius 2 is 2.10 bits per heavy atom. The van der Waals surface area contributed by atoms with E-state index in [-0.39, 0.29) is 36.8 Å². The predicted molar refractivity (Wildman–Crippen MR) is 94.2 cm³/mol. The lowest BCUT2D eigenvalue weighted by Gasteiger charge is -2.24. The van der Waals surface area contributed by atoms with Crippen LogP contribution < -0.4 is 0 Å². The van der Waals surface area contributed by atoms with Crippen molar-refractivity contribution in [3.63, 3.8) is 0 Å². The fraction of sp³-hybridized carbons (Fsp3) is 0.278. The number of nitrogens with zero attached hydrogens (tertiary/aromatic N) is 6. The second kappa shape index (κ2) is 7.75. The summed E-state index contributed by atoms with van der Waals surface area (Å²) in [6, 6.07) is 5.33. The third-order valence-electron chi connectivity index (χ3n) is 4.13. The Kier molecular flexibility index (Phi) is 5.36. The van der Waals surface area contributed by atoms with Gasteiger partial charge in [0, 0.05) is 24.3 Å². The summed E-state index contributed by atoms with van der Waals surface area (Å²) in [7, 11) is 0. The number of hydrogen-bond acceptors (Lipinski definition) is 5. The van der Waals surface area contributed by atoms with Gasteiger partial charge in [-0.2, -0.15) is 18.4 Å². The first kappa shape index (κ1) is 20.1. The first-order valence-corrected chi connectivity index (χ1v) is 8.46. The second-order valence-electron chi connectivity index (χ2n) is 6.27. The number of amides is 2. The molecule has 0 spiro atoms. The first-order chi connectivity index (χ1) is 13.7. The lowest BCUT2D eigenvalue weighted by Crippen LogP contribution is -2.42. The van der Waals surface area contributed by atoms with Gasteiger partial charge in [0.15, 0.2) is 5.82 Å². The van der Waals surface area contributed by atoms with E-state index < -0.39 is 17.6 Å². The summed E-state index contributed by atoms with van der Waals surface area (Å²) in [4.78, 5) is 27.9. The monoisotopic (exact) mass is 404 g/mol. The van der Waals surface area contributed by atoms with Crippen LogP contribution in [0.2, 0.25) is 0 Å². The maximum absolute atomic E-state index is 13.0. The van der Waals surface area contributed by atoms with Crippen LogP contribution in [-0.4, -0.2) is 49.7 Å². The number of carbonyl (C=O) groups excluding carboxylic acids is 2. The molecule has 0 unspecified atom stereocenters. The molecule has 8 nitrogen and oxygen atoms in total. The molecule has 2 amide bonds. The van der Waals surface area contributed by atoms with E-state index in [0.29, 0.717) is 5.56 Å². The van der Waals surface area contributed by atoms with Crippen molar-refractivity contribution in [3.8, 4) is 17.5 Å². The summed E-state index contributed by atoms with van der Waals surface area (Å²) in [5.74, 6) is -0.784. The van der Waals surface area contributed by atoms with E-state index in [1.165, 1.54) is 23.3 Å². The number of hydrogen-bond donors (Lipinski definition) is 0. The molecule has 0 radical (unpaired) electrons. The molecule has 0 bridgehead atoms. The summed E-state index contributed by atoms with van der Waals surface area (Å²) in [5.41, 5.74) is -0.194. The van der Waals surface area contributed by atoms with Crippen molar-refractivity contribution in [2.24, 2.45) is 0 Å². The summed E-state index contributed by atoms with van der Waals surface area (Å²) < 4.78 is 40.2. The van der Waals surface area contributed by atoms with Gasteiger partial charge < -0.3 is 0 Å². The minimum absolute atomic E-state index is 0.0683. The van der Waals surface area contributed by atoms with Crippen LogP contribution >= 0.6 is 0 Å². The third-order valence-corrected chi connectivity index (χ3v) is 4.13. The molecule has 2 aromatic rings. The molecule has 0 atom stereocenters. The van der Waals surface area contributed by atoms with E-state index in [2.05, 4.69) is 10.1 Å². The molecule has 1 aliphatic heterocycles. The molecule has 29 heavy (non-hydrogen) atoms. The summed E-state index contributed by atoms with van der Waals surface area (Å²) in [5, 5.41) is 15.0. The van der Waals surface area contributed by atoms with Crippen LogP contribution in [0.15, 0.2) is 30.6 Å². The van der Waals surface area contributed by atoms with Crippen molar-refractivity contribution in [2.45, 2.75) is 19.5 Å². The van der Waals surface area contributed by atoms with Crippen molar-refractivity contribution >= 4 is 18.0 Å². The normalized spacial score (nSPS) is 14.7. The van der Waals surface area contributed by atoms with E-state index in [1.807, 2.05) is 6.07 Å². The Bertz CT molecular complexity index is 1020. The van der Waals surface area contributed by atoms with Crippen molar-refractivity contribution in [1.29, 1.82) is 5.26 Å². The minimum Gasteiger partial charge on any atom is -0.273 e. The highest BCUT2D eigenvalue weighted by molar-refractivity contribution is 5.93. The van der Waals surface area contributed by atoms with Crippen molar-refractivity contribution in [2.75, 3.05) is 13.1 Å². The van der Waals surface area contributed by atoms with Crippen LogP contribution in [0.25, 0.3) is 17.6 Å². The smallest absolute Gasteiger partial charge is 0.273 e. The summed E-state index contributed by atoms with van der Waals surface area (Å²) in [6.07, 6.45) is -0.704. The van der Waals surface area contributed by atoms with Crippen LogP contribution in [0.4, 0.5) is 13.2 Å². The number of alkyl halides is 3. The van der Waals surface area contributed by atoms with Crippen LogP contribution in [0.5, 0.6) is 0 Å².